The van der Waals surface area contributed by atoms with Crippen molar-refractivity contribution < 1.29 is 14.6 Å². The molecular weight excluding hydrogens is 276 g/mol. The summed E-state index contributed by atoms with van der Waals surface area (Å²) in [6, 6.07) is 8.91. The fraction of sp³-hybridized carbons (Fsp3) is 0.632. The molecule has 0 aliphatic rings. The number of unbranched alkanes of at least 4 members (excludes halogenated alkanes) is 1. The van der Waals surface area contributed by atoms with Crippen LogP contribution in [0.2, 0.25) is 0 Å². The van der Waals surface area contributed by atoms with Gasteiger partial charge in [0.05, 0.1) is 6.10 Å². The lowest BCUT2D eigenvalue weighted by Crippen LogP contribution is -2.21. The van der Waals surface area contributed by atoms with Crippen LogP contribution in [0.5, 0.6) is 0 Å². The highest BCUT2D eigenvalue weighted by molar-refractivity contribution is 5.76. The number of carbonyl (C=O) groups is 1. The lowest BCUT2D eigenvalue weighted by Gasteiger charge is -2.19. The predicted octanol–water partition coefficient (Wildman–Crippen LogP) is 4.65. The van der Waals surface area contributed by atoms with Crippen molar-refractivity contribution in [3.63, 3.8) is 0 Å². The van der Waals surface area contributed by atoms with Gasteiger partial charge in [-0.15, -0.1) is 0 Å². The predicted molar refractivity (Wildman–Crippen MR) is 89.5 cm³/mol. The molecule has 0 heterocycles. The molecule has 3 nitrogen and oxygen atoms in total. The van der Waals surface area contributed by atoms with E-state index in [9.17, 15) is 9.90 Å². The van der Waals surface area contributed by atoms with E-state index in [1.165, 1.54) is 25.7 Å². The molecule has 0 fully saturated rings. The Balaban J connectivity index is 2.37. The van der Waals surface area contributed by atoms with Gasteiger partial charge >= 0.3 is 5.97 Å². The van der Waals surface area contributed by atoms with Crippen LogP contribution in [-0.4, -0.2) is 17.2 Å². The molecule has 1 aromatic rings. The van der Waals surface area contributed by atoms with E-state index in [1.54, 1.807) is 24.3 Å². The minimum atomic E-state index is -1.19. The average Bonchev–Trinajstić information content (AvgIpc) is 2.55. The van der Waals surface area contributed by atoms with Gasteiger partial charge in [0.1, 0.15) is 0 Å². The fourth-order valence-electron chi connectivity index (χ4n) is 2.61. The topological polar surface area (TPSA) is 46.5 Å². The first-order chi connectivity index (χ1) is 10.6. The lowest BCUT2D eigenvalue weighted by molar-refractivity contribution is -0.159. The normalized spacial score (nSPS) is 15.1. The van der Waals surface area contributed by atoms with Gasteiger partial charge in [-0.2, -0.15) is 0 Å². The van der Waals surface area contributed by atoms with E-state index in [2.05, 4.69) is 13.8 Å². The van der Waals surface area contributed by atoms with Crippen LogP contribution in [0, 0.1) is 5.92 Å². The minimum Gasteiger partial charge on any atom is -0.460 e. The zero-order valence-corrected chi connectivity index (χ0v) is 14.1. The Morgan fingerprint density at radius 3 is 2.41 bits per heavy atom. The second-order valence-electron chi connectivity index (χ2n) is 6.05. The molecule has 0 aliphatic carbocycles. The molecule has 3 unspecified atom stereocenters. The summed E-state index contributed by atoms with van der Waals surface area (Å²) >= 11 is 0. The third kappa shape index (κ3) is 6.61. The van der Waals surface area contributed by atoms with E-state index in [0.29, 0.717) is 11.5 Å². The van der Waals surface area contributed by atoms with Crippen molar-refractivity contribution in [3.8, 4) is 0 Å². The second-order valence-corrected chi connectivity index (χ2v) is 6.05. The molecule has 0 bridgehead atoms. The molecule has 3 heteroatoms. The highest BCUT2D eigenvalue weighted by Gasteiger charge is 2.21. The Hall–Kier alpha value is -1.35. The molecule has 0 saturated carbocycles. The zero-order valence-electron chi connectivity index (χ0n) is 14.1. The lowest BCUT2D eigenvalue weighted by atomic mass is 9.93. The monoisotopic (exact) mass is 306 g/mol. The molecule has 0 spiro atoms. The van der Waals surface area contributed by atoms with Crippen LogP contribution < -0.4 is 0 Å². The maximum atomic E-state index is 12.0. The molecule has 0 aliphatic heterocycles. The summed E-state index contributed by atoms with van der Waals surface area (Å²) in [4.78, 5) is 12.0. The van der Waals surface area contributed by atoms with Gasteiger partial charge in [0.25, 0.3) is 0 Å². The molecule has 0 saturated heterocycles. The molecule has 3 atom stereocenters. The van der Waals surface area contributed by atoms with Gasteiger partial charge in [-0.05, 0) is 31.2 Å². The van der Waals surface area contributed by atoms with Crippen molar-refractivity contribution in [3.05, 3.63) is 35.9 Å². The number of esters is 1. The van der Waals surface area contributed by atoms with E-state index in [-0.39, 0.29) is 6.10 Å². The van der Waals surface area contributed by atoms with Crippen LogP contribution in [0.25, 0.3) is 0 Å². The molecular formula is C19H30O3. The Bertz CT molecular complexity index is 416. The Kier molecular flexibility index (Phi) is 8.83. The number of aliphatic hydroxyl groups is 1. The van der Waals surface area contributed by atoms with E-state index >= 15 is 0 Å². The number of ether oxygens (including phenoxy) is 1. The van der Waals surface area contributed by atoms with Crippen LogP contribution in [0.1, 0.15) is 71.0 Å². The van der Waals surface area contributed by atoms with Crippen LogP contribution in [0.4, 0.5) is 0 Å². The minimum absolute atomic E-state index is 0.151. The van der Waals surface area contributed by atoms with Gasteiger partial charge in [-0.1, -0.05) is 69.9 Å². The highest BCUT2D eigenvalue weighted by atomic mass is 16.6. The largest absolute Gasteiger partial charge is 0.460 e. The number of aliphatic hydroxyl groups excluding tert-OH is 1. The van der Waals surface area contributed by atoms with E-state index in [4.69, 9.17) is 4.74 Å². The third-order valence-electron chi connectivity index (χ3n) is 4.18. The maximum absolute atomic E-state index is 12.0. The van der Waals surface area contributed by atoms with Gasteiger partial charge in [0.15, 0.2) is 6.10 Å². The van der Waals surface area contributed by atoms with Crippen molar-refractivity contribution in [1.29, 1.82) is 0 Å². The summed E-state index contributed by atoms with van der Waals surface area (Å²) in [5.74, 6) is 0.153. The molecule has 1 aromatic carbocycles. The first-order valence-corrected chi connectivity index (χ1v) is 8.51. The maximum Gasteiger partial charge on any atom is 0.339 e. The molecule has 1 rings (SSSR count). The Morgan fingerprint density at radius 2 is 1.82 bits per heavy atom. The van der Waals surface area contributed by atoms with Gasteiger partial charge in [0, 0.05) is 0 Å². The first kappa shape index (κ1) is 18.7. The molecule has 0 amide bonds. The van der Waals surface area contributed by atoms with Crippen molar-refractivity contribution in [2.45, 2.75) is 71.5 Å². The van der Waals surface area contributed by atoms with E-state index < -0.39 is 12.1 Å². The van der Waals surface area contributed by atoms with Crippen LogP contribution >= 0.6 is 0 Å². The smallest absolute Gasteiger partial charge is 0.339 e. The summed E-state index contributed by atoms with van der Waals surface area (Å²) in [7, 11) is 0. The number of rotatable bonds is 10. The number of hydrogen-bond acceptors (Lipinski definition) is 3. The summed E-state index contributed by atoms with van der Waals surface area (Å²) in [5, 5.41) is 10.0. The van der Waals surface area contributed by atoms with Crippen molar-refractivity contribution in [2.75, 3.05) is 0 Å². The first-order valence-electron chi connectivity index (χ1n) is 8.51. The zero-order chi connectivity index (χ0) is 16.4. The highest BCUT2D eigenvalue weighted by Crippen LogP contribution is 2.21. The van der Waals surface area contributed by atoms with Gasteiger partial charge < -0.3 is 9.84 Å². The molecule has 1 N–H and O–H groups in total. The summed E-state index contributed by atoms with van der Waals surface area (Å²) in [6.45, 7) is 6.33. The quantitative estimate of drug-likeness (QED) is 0.640. The van der Waals surface area contributed by atoms with Crippen LogP contribution in [-0.2, 0) is 9.53 Å². The molecule has 22 heavy (non-hydrogen) atoms. The summed E-state index contributed by atoms with van der Waals surface area (Å²) in [5.41, 5.74) is 0.578. The molecule has 124 valence electrons. The van der Waals surface area contributed by atoms with Crippen LogP contribution in [0.15, 0.2) is 30.3 Å². The van der Waals surface area contributed by atoms with Crippen molar-refractivity contribution in [2.24, 2.45) is 5.92 Å². The van der Waals surface area contributed by atoms with Crippen LogP contribution in [0.3, 0.4) is 0 Å². The SMILES string of the molecule is CCCCC(CC)CCC(C)OC(=O)C(O)c1ccccc1. The molecule has 0 radical (unpaired) electrons. The number of benzene rings is 1. The van der Waals surface area contributed by atoms with Gasteiger partial charge in [-0.25, -0.2) is 4.79 Å². The third-order valence-corrected chi connectivity index (χ3v) is 4.18. The van der Waals surface area contributed by atoms with E-state index in [1.807, 2.05) is 13.0 Å². The fourth-order valence-corrected chi connectivity index (χ4v) is 2.61. The van der Waals surface area contributed by atoms with E-state index in [0.717, 1.165) is 12.8 Å². The van der Waals surface area contributed by atoms with Gasteiger partial charge in [-0.3, -0.25) is 0 Å². The number of carbonyl (C=O) groups excluding carboxylic acids is 1. The van der Waals surface area contributed by atoms with Crippen molar-refractivity contribution in [1.82, 2.24) is 0 Å². The Labute approximate surface area is 134 Å². The van der Waals surface area contributed by atoms with Gasteiger partial charge in [0.2, 0.25) is 0 Å². The Morgan fingerprint density at radius 1 is 1.14 bits per heavy atom. The standard InChI is InChI=1S/C19H30O3/c1-4-6-10-16(5-2)14-13-15(3)22-19(21)18(20)17-11-8-7-9-12-17/h7-9,11-12,15-16,18,20H,4-6,10,13-14H2,1-3H3. The number of hydrogen-bond donors (Lipinski definition) is 1. The molecule has 0 aromatic heterocycles. The van der Waals surface area contributed by atoms with Crippen molar-refractivity contribution >= 4 is 5.97 Å². The summed E-state index contributed by atoms with van der Waals surface area (Å²) in [6.07, 6.45) is 5.51. The summed E-state index contributed by atoms with van der Waals surface area (Å²) < 4.78 is 5.38. The second kappa shape index (κ2) is 10.4. The average molecular weight is 306 g/mol.